The molecule has 0 spiro atoms. The van der Waals surface area contributed by atoms with Gasteiger partial charge in [-0.2, -0.15) is 4.98 Å². The Bertz CT molecular complexity index is 603. The normalized spacial score (nSPS) is 16.9. The van der Waals surface area contributed by atoms with Crippen molar-refractivity contribution in [2.45, 2.75) is 44.7 Å². The number of aromatic nitrogens is 3. The molecule has 0 amide bonds. The van der Waals surface area contributed by atoms with Crippen LogP contribution in [0, 0.1) is 0 Å². The number of rotatable bonds is 3. The summed E-state index contributed by atoms with van der Waals surface area (Å²) >= 11 is 3.48. The quantitative estimate of drug-likeness (QED) is 0.906. The molecule has 1 aliphatic rings. The molecule has 0 atom stereocenters. The van der Waals surface area contributed by atoms with Gasteiger partial charge >= 0.3 is 0 Å². The van der Waals surface area contributed by atoms with Crippen molar-refractivity contribution in [2.75, 3.05) is 0 Å². The summed E-state index contributed by atoms with van der Waals surface area (Å²) in [5.41, 5.74) is 6.76. The van der Waals surface area contributed by atoms with E-state index in [9.17, 15) is 0 Å². The second-order valence-corrected chi connectivity index (χ2v) is 6.39. The molecule has 110 valence electrons. The molecular weight excluding hydrogens is 344 g/mol. The zero-order valence-electron chi connectivity index (χ0n) is 11.5. The Labute approximate surface area is 132 Å². The van der Waals surface area contributed by atoms with E-state index < -0.39 is 0 Å². The first kappa shape index (κ1) is 15.5. The van der Waals surface area contributed by atoms with E-state index in [0.717, 1.165) is 29.4 Å². The van der Waals surface area contributed by atoms with Crippen LogP contribution in [0.4, 0.5) is 0 Å². The van der Waals surface area contributed by atoms with E-state index in [4.69, 9.17) is 10.3 Å². The lowest BCUT2D eigenvalue weighted by atomic mass is 9.77. The van der Waals surface area contributed by atoms with Crippen LogP contribution in [0.5, 0.6) is 0 Å². The topological polar surface area (TPSA) is 69.9 Å². The summed E-state index contributed by atoms with van der Waals surface area (Å²) < 4.78 is 8.50. The van der Waals surface area contributed by atoms with Gasteiger partial charge in [0.2, 0.25) is 0 Å². The summed E-state index contributed by atoms with van der Waals surface area (Å²) in [6.45, 7) is 4.23. The van der Waals surface area contributed by atoms with Crippen LogP contribution in [0.2, 0.25) is 0 Å². The minimum absolute atomic E-state index is 0. The molecule has 20 heavy (non-hydrogen) atoms. The van der Waals surface area contributed by atoms with Crippen molar-refractivity contribution in [3.8, 4) is 11.6 Å². The molecule has 2 heterocycles. The Balaban J connectivity index is 0.00000147. The first-order chi connectivity index (χ1) is 8.99. The van der Waals surface area contributed by atoms with Gasteiger partial charge in [0.25, 0.3) is 5.89 Å². The zero-order valence-corrected chi connectivity index (χ0v) is 13.9. The molecule has 1 saturated carbocycles. The van der Waals surface area contributed by atoms with Crippen LogP contribution < -0.4 is 5.73 Å². The number of halogens is 2. The summed E-state index contributed by atoms with van der Waals surface area (Å²) in [5, 5.41) is 4.06. The first-order valence-electron chi connectivity index (χ1n) is 6.50. The van der Waals surface area contributed by atoms with E-state index in [2.05, 4.69) is 44.5 Å². The van der Waals surface area contributed by atoms with Gasteiger partial charge in [-0.25, -0.2) is 0 Å². The van der Waals surface area contributed by atoms with Crippen molar-refractivity contribution < 1.29 is 4.52 Å². The van der Waals surface area contributed by atoms with Crippen molar-refractivity contribution in [1.82, 2.24) is 14.7 Å². The molecule has 0 aromatic carbocycles. The van der Waals surface area contributed by atoms with Crippen molar-refractivity contribution in [2.24, 2.45) is 5.73 Å². The summed E-state index contributed by atoms with van der Waals surface area (Å²) in [5.74, 6) is 1.16. The molecular formula is C13H18BrClN4O. The van der Waals surface area contributed by atoms with Crippen LogP contribution in [0.3, 0.4) is 0 Å². The highest BCUT2D eigenvalue weighted by molar-refractivity contribution is 9.10. The molecule has 5 nitrogen and oxygen atoms in total. The van der Waals surface area contributed by atoms with E-state index in [1.807, 2.05) is 12.3 Å². The lowest BCUT2D eigenvalue weighted by molar-refractivity contribution is 0.229. The van der Waals surface area contributed by atoms with Gasteiger partial charge in [-0.15, -0.1) is 12.4 Å². The number of hydrogen-bond acceptors (Lipinski definition) is 4. The van der Waals surface area contributed by atoms with Gasteiger partial charge in [-0.1, -0.05) is 5.16 Å². The molecule has 0 bridgehead atoms. The van der Waals surface area contributed by atoms with Gasteiger partial charge in [0.15, 0.2) is 5.82 Å². The molecule has 0 saturated heterocycles. The molecule has 1 fully saturated rings. The Morgan fingerprint density at radius 2 is 2.15 bits per heavy atom. The molecule has 1 aliphatic carbocycles. The van der Waals surface area contributed by atoms with E-state index >= 15 is 0 Å². The zero-order chi connectivity index (χ0) is 13.6. The Morgan fingerprint density at radius 1 is 1.45 bits per heavy atom. The lowest BCUT2D eigenvalue weighted by Gasteiger charge is -2.34. The van der Waals surface area contributed by atoms with Gasteiger partial charge in [-0.3, -0.25) is 0 Å². The second-order valence-electron chi connectivity index (χ2n) is 5.48. The van der Waals surface area contributed by atoms with Gasteiger partial charge in [0.05, 0.1) is 5.54 Å². The first-order valence-corrected chi connectivity index (χ1v) is 7.30. The fraction of sp³-hybridized carbons (Fsp3) is 0.538. The van der Waals surface area contributed by atoms with Crippen LogP contribution in [-0.2, 0) is 5.54 Å². The molecule has 0 radical (unpaired) electrons. The fourth-order valence-corrected chi connectivity index (χ4v) is 2.79. The number of nitrogens with zero attached hydrogens (tertiary/aromatic N) is 3. The molecule has 0 aliphatic heterocycles. The van der Waals surface area contributed by atoms with E-state index in [-0.39, 0.29) is 17.9 Å². The standard InChI is InChI=1S/C13H17BrN4O.ClH/c1-8(2)18-7-9(14)6-10(18)11-16-12(17-19-11)13(15)4-3-5-13;/h6-8H,3-5,15H2,1-2H3;1H. The minimum atomic E-state index is -0.381. The van der Waals surface area contributed by atoms with Crippen LogP contribution >= 0.6 is 28.3 Å². The molecule has 0 unspecified atom stereocenters. The van der Waals surface area contributed by atoms with Gasteiger partial charge in [-0.05, 0) is 55.1 Å². The van der Waals surface area contributed by atoms with Crippen molar-refractivity contribution in [1.29, 1.82) is 0 Å². The highest BCUT2D eigenvalue weighted by Gasteiger charge is 2.39. The summed E-state index contributed by atoms with van der Waals surface area (Å²) in [7, 11) is 0. The van der Waals surface area contributed by atoms with Gasteiger partial charge in [0, 0.05) is 16.7 Å². The molecule has 2 aromatic rings. The Kier molecular flexibility index (Phi) is 4.27. The summed E-state index contributed by atoms with van der Waals surface area (Å²) in [4.78, 5) is 4.49. The van der Waals surface area contributed by atoms with Crippen LogP contribution in [0.15, 0.2) is 21.3 Å². The molecule has 2 aromatic heterocycles. The third-order valence-corrected chi connectivity index (χ3v) is 4.14. The third kappa shape index (κ3) is 2.52. The minimum Gasteiger partial charge on any atom is -0.340 e. The predicted octanol–water partition coefficient (Wildman–Crippen LogP) is 3.64. The monoisotopic (exact) mass is 360 g/mol. The lowest BCUT2D eigenvalue weighted by Crippen LogP contribution is -2.44. The summed E-state index contributed by atoms with van der Waals surface area (Å²) in [6.07, 6.45) is 5.02. The van der Waals surface area contributed by atoms with Crippen molar-refractivity contribution in [3.63, 3.8) is 0 Å². The van der Waals surface area contributed by atoms with E-state index in [1.54, 1.807) is 0 Å². The Morgan fingerprint density at radius 3 is 2.70 bits per heavy atom. The van der Waals surface area contributed by atoms with Gasteiger partial charge < -0.3 is 14.8 Å². The maximum absolute atomic E-state index is 6.22. The highest BCUT2D eigenvalue weighted by atomic mass is 79.9. The summed E-state index contributed by atoms with van der Waals surface area (Å²) in [6, 6.07) is 2.31. The highest BCUT2D eigenvalue weighted by Crippen LogP contribution is 2.38. The van der Waals surface area contributed by atoms with Crippen LogP contribution in [-0.4, -0.2) is 14.7 Å². The maximum Gasteiger partial charge on any atom is 0.274 e. The molecule has 2 N–H and O–H groups in total. The van der Waals surface area contributed by atoms with Crippen molar-refractivity contribution >= 4 is 28.3 Å². The smallest absolute Gasteiger partial charge is 0.274 e. The maximum atomic E-state index is 6.22. The van der Waals surface area contributed by atoms with E-state index in [1.165, 1.54) is 0 Å². The Hall–Kier alpha value is -0.850. The molecule has 7 heteroatoms. The SMILES string of the molecule is CC(C)n1cc(Br)cc1-c1nc(C2(N)CCC2)no1.Cl. The average Bonchev–Trinajstić information content (AvgIpc) is 2.91. The largest absolute Gasteiger partial charge is 0.340 e. The predicted molar refractivity (Wildman–Crippen MR) is 82.8 cm³/mol. The fourth-order valence-electron chi connectivity index (χ4n) is 2.36. The molecule has 3 rings (SSSR count). The van der Waals surface area contributed by atoms with E-state index in [0.29, 0.717) is 17.8 Å². The van der Waals surface area contributed by atoms with Crippen LogP contribution in [0.1, 0.15) is 45.0 Å². The average molecular weight is 362 g/mol. The van der Waals surface area contributed by atoms with Crippen LogP contribution in [0.25, 0.3) is 11.6 Å². The van der Waals surface area contributed by atoms with Gasteiger partial charge in [0.1, 0.15) is 5.69 Å². The number of nitrogens with two attached hydrogens (primary N) is 1. The second kappa shape index (κ2) is 5.50. The third-order valence-electron chi connectivity index (χ3n) is 3.71. The van der Waals surface area contributed by atoms with Crippen molar-refractivity contribution in [3.05, 3.63) is 22.6 Å². The number of hydrogen-bond donors (Lipinski definition) is 1.